The Bertz CT molecular complexity index is 371. The van der Waals surface area contributed by atoms with E-state index in [0.29, 0.717) is 6.04 Å². The van der Waals surface area contributed by atoms with Gasteiger partial charge in [-0.25, -0.2) is 4.39 Å². The van der Waals surface area contributed by atoms with Crippen LogP contribution < -0.4 is 5.32 Å². The number of rotatable bonds is 5. The Balaban J connectivity index is 1.97. The highest BCUT2D eigenvalue weighted by atomic mass is 19.1. The molecule has 2 atom stereocenters. The van der Waals surface area contributed by atoms with Gasteiger partial charge in [0.2, 0.25) is 0 Å². The molecule has 1 fully saturated rings. The van der Waals surface area contributed by atoms with Gasteiger partial charge in [-0.15, -0.1) is 0 Å². The summed E-state index contributed by atoms with van der Waals surface area (Å²) in [6.45, 7) is 5.60. The van der Waals surface area contributed by atoms with Crippen LogP contribution in [0.1, 0.15) is 37.8 Å². The van der Waals surface area contributed by atoms with E-state index in [-0.39, 0.29) is 5.82 Å². The predicted molar refractivity (Wildman–Crippen MR) is 77.7 cm³/mol. The molecule has 0 amide bonds. The third-order valence-corrected chi connectivity index (χ3v) is 4.12. The maximum absolute atomic E-state index is 13.0. The standard InChI is InChI=1S/C16H25FN2/c1-3-16(14-6-8-15(17)9-7-14)19(2)12-13-5-4-10-18-11-13/h6-9,13,16,18H,3-5,10-12H2,1-2H3. The second kappa shape index (κ2) is 7.01. The summed E-state index contributed by atoms with van der Waals surface area (Å²) in [4.78, 5) is 2.42. The summed E-state index contributed by atoms with van der Waals surface area (Å²) in [5.41, 5.74) is 1.22. The van der Waals surface area contributed by atoms with Crippen molar-refractivity contribution in [2.45, 2.75) is 32.2 Å². The monoisotopic (exact) mass is 264 g/mol. The van der Waals surface area contributed by atoms with Crippen molar-refractivity contribution in [2.24, 2.45) is 5.92 Å². The van der Waals surface area contributed by atoms with Crippen molar-refractivity contribution in [2.75, 3.05) is 26.7 Å². The molecular formula is C16H25FN2. The average molecular weight is 264 g/mol. The smallest absolute Gasteiger partial charge is 0.123 e. The van der Waals surface area contributed by atoms with Gasteiger partial charge >= 0.3 is 0 Å². The van der Waals surface area contributed by atoms with Gasteiger partial charge < -0.3 is 5.32 Å². The van der Waals surface area contributed by atoms with Gasteiger partial charge in [0.05, 0.1) is 0 Å². The van der Waals surface area contributed by atoms with Crippen molar-refractivity contribution in [3.63, 3.8) is 0 Å². The van der Waals surface area contributed by atoms with E-state index in [1.54, 1.807) is 12.1 Å². The fourth-order valence-electron chi connectivity index (χ4n) is 3.10. The molecule has 1 saturated heterocycles. The highest BCUT2D eigenvalue weighted by Gasteiger charge is 2.20. The van der Waals surface area contributed by atoms with Gasteiger partial charge in [-0.3, -0.25) is 4.90 Å². The topological polar surface area (TPSA) is 15.3 Å². The lowest BCUT2D eigenvalue weighted by Gasteiger charge is -2.33. The first-order chi connectivity index (χ1) is 9.20. The van der Waals surface area contributed by atoms with Crippen molar-refractivity contribution in [1.29, 1.82) is 0 Å². The molecule has 0 radical (unpaired) electrons. The molecule has 106 valence electrons. The van der Waals surface area contributed by atoms with Crippen LogP contribution in [-0.2, 0) is 0 Å². The first-order valence-corrected chi connectivity index (χ1v) is 7.37. The van der Waals surface area contributed by atoms with Gasteiger partial charge in [-0.2, -0.15) is 0 Å². The SMILES string of the molecule is CCC(c1ccc(F)cc1)N(C)CC1CCCNC1. The second-order valence-electron chi connectivity index (χ2n) is 5.63. The summed E-state index contributed by atoms with van der Waals surface area (Å²) in [5, 5.41) is 3.47. The average Bonchev–Trinajstić information content (AvgIpc) is 2.43. The van der Waals surface area contributed by atoms with E-state index >= 15 is 0 Å². The molecule has 1 aromatic carbocycles. The van der Waals surface area contributed by atoms with E-state index in [9.17, 15) is 4.39 Å². The van der Waals surface area contributed by atoms with Crippen LogP contribution >= 0.6 is 0 Å². The van der Waals surface area contributed by atoms with Crippen molar-refractivity contribution in [3.05, 3.63) is 35.6 Å². The summed E-state index contributed by atoms with van der Waals surface area (Å²) in [6.07, 6.45) is 3.66. The van der Waals surface area contributed by atoms with Gasteiger partial charge in [-0.1, -0.05) is 19.1 Å². The molecule has 0 aromatic heterocycles. The lowest BCUT2D eigenvalue weighted by Crippen LogP contribution is -2.38. The zero-order chi connectivity index (χ0) is 13.7. The normalized spacial score (nSPS) is 21.6. The lowest BCUT2D eigenvalue weighted by molar-refractivity contribution is 0.185. The Morgan fingerprint density at radius 3 is 2.68 bits per heavy atom. The van der Waals surface area contributed by atoms with E-state index < -0.39 is 0 Å². The maximum atomic E-state index is 13.0. The summed E-state index contributed by atoms with van der Waals surface area (Å²) < 4.78 is 13.0. The number of nitrogens with one attached hydrogen (secondary N) is 1. The highest BCUT2D eigenvalue weighted by molar-refractivity contribution is 5.19. The molecule has 1 aliphatic rings. The summed E-state index contributed by atoms with van der Waals surface area (Å²) >= 11 is 0. The van der Waals surface area contributed by atoms with Crippen LogP contribution in [0.2, 0.25) is 0 Å². The second-order valence-corrected chi connectivity index (χ2v) is 5.63. The zero-order valence-corrected chi connectivity index (χ0v) is 12.0. The van der Waals surface area contributed by atoms with Crippen LogP contribution in [0.25, 0.3) is 0 Å². The minimum absolute atomic E-state index is 0.155. The van der Waals surface area contributed by atoms with E-state index in [0.717, 1.165) is 32.0 Å². The number of nitrogens with zero attached hydrogens (tertiary/aromatic N) is 1. The number of piperidine rings is 1. The Morgan fingerprint density at radius 1 is 1.37 bits per heavy atom. The van der Waals surface area contributed by atoms with Crippen LogP contribution in [-0.4, -0.2) is 31.6 Å². The molecule has 0 saturated carbocycles. The maximum Gasteiger partial charge on any atom is 0.123 e. The van der Waals surface area contributed by atoms with E-state index in [1.165, 1.54) is 18.4 Å². The molecule has 1 aromatic rings. The number of halogens is 1. The van der Waals surface area contributed by atoms with E-state index in [1.807, 2.05) is 12.1 Å². The Hall–Kier alpha value is -0.930. The van der Waals surface area contributed by atoms with Gasteiger partial charge in [0.25, 0.3) is 0 Å². The van der Waals surface area contributed by atoms with E-state index in [4.69, 9.17) is 0 Å². The van der Waals surface area contributed by atoms with Crippen molar-refractivity contribution >= 4 is 0 Å². The summed E-state index contributed by atoms with van der Waals surface area (Å²) in [5.74, 6) is 0.589. The lowest BCUT2D eigenvalue weighted by atomic mass is 9.96. The van der Waals surface area contributed by atoms with Crippen LogP contribution in [0.5, 0.6) is 0 Å². The molecule has 3 heteroatoms. The Morgan fingerprint density at radius 2 is 2.11 bits per heavy atom. The molecule has 1 aliphatic heterocycles. The summed E-state index contributed by atoms with van der Waals surface area (Å²) in [7, 11) is 2.19. The number of hydrogen-bond donors (Lipinski definition) is 1. The number of hydrogen-bond acceptors (Lipinski definition) is 2. The van der Waals surface area contributed by atoms with Crippen molar-refractivity contribution < 1.29 is 4.39 Å². The molecule has 0 spiro atoms. The minimum atomic E-state index is -0.155. The fraction of sp³-hybridized carbons (Fsp3) is 0.625. The van der Waals surface area contributed by atoms with Crippen molar-refractivity contribution in [1.82, 2.24) is 10.2 Å². The highest BCUT2D eigenvalue weighted by Crippen LogP contribution is 2.25. The minimum Gasteiger partial charge on any atom is -0.316 e. The van der Waals surface area contributed by atoms with Crippen LogP contribution in [0, 0.1) is 11.7 Å². The van der Waals surface area contributed by atoms with E-state index in [2.05, 4.69) is 24.2 Å². The predicted octanol–water partition coefficient (Wildman–Crippen LogP) is 3.21. The molecule has 2 rings (SSSR count). The fourth-order valence-corrected chi connectivity index (χ4v) is 3.10. The van der Waals surface area contributed by atoms with Crippen molar-refractivity contribution in [3.8, 4) is 0 Å². The van der Waals surface area contributed by atoms with Gasteiger partial charge in [0.1, 0.15) is 5.82 Å². The van der Waals surface area contributed by atoms with Crippen LogP contribution in [0.3, 0.4) is 0 Å². The largest absolute Gasteiger partial charge is 0.316 e. The first-order valence-electron chi connectivity index (χ1n) is 7.37. The molecule has 0 aliphatic carbocycles. The van der Waals surface area contributed by atoms with Gasteiger partial charge in [0.15, 0.2) is 0 Å². The summed E-state index contributed by atoms with van der Waals surface area (Å²) in [6, 6.07) is 7.35. The van der Waals surface area contributed by atoms with Crippen LogP contribution in [0.15, 0.2) is 24.3 Å². The molecular weight excluding hydrogens is 239 g/mol. The van der Waals surface area contributed by atoms with Crippen LogP contribution in [0.4, 0.5) is 4.39 Å². The third kappa shape index (κ3) is 4.02. The molecule has 2 unspecified atom stereocenters. The quantitative estimate of drug-likeness (QED) is 0.878. The first kappa shape index (κ1) is 14.5. The molecule has 1 heterocycles. The number of benzene rings is 1. The molecule has 19 heavy (non-hydrogen) atoms. The Labute approximate surface area is 116 Å². The molecule has 1 N–H and O–H groups in total. The molecule has 0 bridgehead atoms. The third-order valence-electron chi connectivity index (χ3n) is 4.12. The van der Waals surface area contributed by atoms with Gasteiger partial charge in [0, 0.05) is 12.6 Å². The zero-order valence-electron chi connectivity index (χ0n) is 12.0. The van der Waals surface area contributed by atoms with Gasteiger partial charge in [-0.05, 0) is 63.0 Å². The Kier molecular flexibility index (Phi) is 5.34. The molecule has 2 nitrogen and oxygen atoms in total.